The summed E-state index contributed by atoms with van der Waals surface area (Å²) in [4.78, 5) is 13.8. The Kier molecular flexibility index (Phi) is 3.87. The number of carbonyl (C=O) groups excluding carboxylic acids is 1. The number of halogens is 1. The molecule has 0 radical (unpaired) electrons. The van der Waals surface area contributed by atoms with E-state index >= 15 is 0 Å². The molecule has 1 aromatic rings. The maximum Gasteiger partial charge on any atom is 0.228 e. The third kappa shape index (κ3) is 2.49. The molecule has 0 aliphatic carbocycles. The molecule has 1 fully saturated rings. The quantitative estimate of drug-likeness (QED) is 0.873. The Morgan fingerprint density at radius 2 is 2.39 bits per heavy atom. The third-order valence-electron chi connectivity index (χ3n) is 2.86. The highest BCUT2D eigenvalue weighted by Crippen LogP contribution is 2.32. The third-order valence-corrected chi connectivity index (χ3v) is 3.48. The van der Waals surface area contributed by atoms with Crippen LogP contribution in [0.3, 0.4) is 0 Å². The Labute approximate surface area is 115 Å². The number of nitriles is 1. The fourth-order valence-electron chi connectivity index (χ4n) is 2.06. The number of carbonyl (C=O) groups is 1. The smallest absolute Gasteiger partial charge is 0.228 e. The van der Waals surface area contributed by atoms with Gasteiger partial charge >= 0.3 is 0 Å². The molecule has 1 N–H and O–H groups in total. The second-order valence-electron chi connectivity index (χ2n) is 4.18. The highest BCUT2D eigenvalue weighted by atomic mass is 79.9. The van der Waals surface area contributed by atoms with Crippen LogP contribution in [0.25, 0.3) is 0 Å². The lowest BCUT2D eigenvalue weighted by atomic mass is 10.1. The van der Waals surface area contributed by atoms with Crippen LogP contribution in [0, 0.1) is 11.3 Å². The zero-order valence-corrected chi connectivity index (χ0v) is 11.7. The topological polar surface area (TPSA) is 56.1 Å². The summed E-state index contributed by atoms with van der Waals surface area (Å²) < 4.78 is 0. The molecule has 4 nitrogen and oxygen atoms in total. The summed E-state index contributed by atoms with van der Waals surface area (Å²) in [5.74, 6) is 0.0890. The summed E-state index contributed by atoms with van der Waals surface area (Å²) in [5.41, 5.74) is 2.26. The van der Waals surface area contributed by atoms with E-state index < -0.39 is 0 Å². The molecule has 1 amide bonds. The van der Waals surface area contributed by atoms with Gasteiger partial charge in [-0.05, 0) is 25.1 Å². The maximum absolute atomic E-state index is 11.9. The van der Waals surface area contributed by atoms with E-state index in [1.807, 2.05) is 13.0 Å². The number of alkyl halides is 1. The van der Waals surface area contributed by atoms with Gasteiger partial charge in [0.1, 0.15) is 0 Å². The first-order valence-corrected chi connectivity index (χ1v) is 6.79. The minimum absolute atomic E-state index is 0.0890. The molecule has 0 saturated carbocycles. The van der Waals surface area contributed by atoms with E-state index in [-0.39, 0.29) is 10.7 Å². The van der Waals surface area contributed by atoms with Gasteiger partial charge in [-0.15, -0.1) is 0 Å². The summed E-state index contributed by atoms with van der Waals surface area (Å²) in [5, 5.41) is 12.2. The van der Waals surface area contributed by atoms with Gasteiger partial charge in [-0.1, -0.05) is 15.9 Å². The van der Waals surface area contributed by atoms with Crippen LogP contribution in [0.1, 0.15) is 18.9 Å². The Morgan fingerprint density at radius 1 is 1.61 bits per heavy atom. The molecule has 5 heteroatoms. The molecule has 1 saturated heterocycles. The molecule has 1 unspecified atom stereocenters. The first kappa shape index (κ1) is 12.9. The van der Waals surface area contributed by atoms with Crippen LogP contribution in [0.15, 0.2) is 18.2 Å². The molecule has 1 atom stereocenters. The predicted molar refractivity (Wildman–Crippen MR) is 75.0 cm³/mol. The number of hydrogen-bond acceptors (Lipinski definition) is 3. The van der Waals surface area contributed by atoms with Crippen molar-refractivity contribution in [2.45, 2.75) is 18.2 Å². The van der Waals surface area contributed by atoms with Crippen LogP contribution in [-0.4, -0.2) is 23.8 Å². The van der Waals surface area contributed by atoms with E-state index in [0.29, 0.717) is 18.5 Å². The van der Waals surface area contributed by atoms with Gasteiger partial charge in [-0.25, -0.2) is 0 Å². The van der Waals surface area contributed by atoms with E-state index in [1.165, 1.54) is 0 Å². The summed E-state index contributed by atoms with van der Waals surface area (Å²) in [6.45, 7) is 3.42. The fraction of sp³-hybridized carbons (Fsp3) is 0.385. The molecule has 0 bridgehead atoms. The van der Waals surface area contributed by atoms with Gasteiger partial charge in [0.2, 0.25) is 5.91 Å². The zero-order valence-electron chi connectivity index (χ0n) is 10.1. The van der Waals surface area contributed by atoms with Crippen molar-refractivity contribution < 1.29 is 4.79 Å². The molecule has 0 aromatic heterocycles. The molecule has 2 rings (SSSR count). The number of amides is 1. The molecule has 1 aliphatic rings. The fourth-order valence-corrected chi connectivity index (χ4v) is 2.63. The van der Waals surface area contributed by atoms with Crippen molar-refractivity contribution >= 4 is 33.2 Å². The molecule has 18 heavy (non-hydrogen) atoms. The van der Waals surface area contributed by atoms with Crippen LogP contribution in [0.4, 0.5) is 11.4 Å². The normalized spacial score (nSPS) is 18.8. The first-order valence-electron chi connectivity index (χ1n) is 5.88. The predicted octanol–water partition coefficient (Wildman–Crippen LogP) is 2.49. The number of hydrogen-bond donors (Lipinski definition) is 1. The van der Waals surface area contributed by atoms with Crippen LogP contribution < -0.4 is 10.2 Å². The van der Waals surface area contributed by atoms with Crippen molar-refractivity contribution in [3.63, 3.8) is 0 Å². The number of nitrogens with one attached hydrogen (secondary N) is 1. The van der Waals surface area contributed by atoms with Gasteiger partial charge in [-0.2, -0.15) is 5.26 Å². The van der Waals surface area contributed by atoms with Crippen molar-refractivity contribution in [1.82, 2.24) is 0 Å². The molecular weight excluding hydrogens is 294 g/mol. The second kappa shape index (κ2) is 5.40. The number of benzene rings is 1. The van der Waals surface area contributed by atoms with Crippen LogP contribution in [-0.2, 0) is 4.79 Å². The molecule has 1 aliphatic heterocycles. The molecule has 1 heterocycles. The second-order valence-corrected chi connectivity index (χ2v) is 5.47. The van der Waals surface area contributed by atoms with E-state index in [0.717, 1.165) is 17.9 Å². The lowest BCUT2D eigenvalue weighted by molar-refractivity contribution is -0.117. The average molecular weight is 308 g/mol. The van der Waals surface area contributed by atoms with E-state index in [2.05, 4.69) is 27.3 Å². The standard InChI is InChI=1S/C13H14BrN3O/c1-2-16-11-4-3-9(7-15)5-12(11)17-8-10(14)6-13(17)18/h3-5,10,16H,2,6,8H2,1H3. The summed E-state index contributed by atoms with van der Waals surface area (Å²) in [6, 6.07) is 7.48. The van der Waals surface area contributed by atoms with Crippen molar-refractivity contribution in [1.29, 1.82) is 5.26 Å². The monoisotopic (exact) mass is 307 g/mol. The average Bonchev–Trinajstić information content (AvgIpc) is 2.69. The zero-order chi connectivity index (χ0) is 13.1. The van der Waals surface area contributed by atoms with Gasteiger partial charge < -0.3 is 10.2 Å². The van der Waals surface area contributed by atoms with Crippen LogP contribution in [0.5, 0.6) is 0 Å². The highest BCUT2D eigenvalue weighted by Gasteiger charge is 2.30. The molecule has 1 aromatic carbocycles. The van der Waals surface area contributed by atoms with Crippen molar-refractivity contribution in [2.75, 3.05) is 23.3 Å². The van der Waals surface area contributed by atoms with Gasteiger partial charge in [0.25, 0.3) is 0 Å². The molecule has 0 spiro atoms. The van der Waals surface area contributed by atoms with Crippen molar-refractivity contribution in [2.24, 2.45) is 0 Å². The van der Waals surface area contributed by atoms with Crippen LogP contribution >= 0.6 is 15.9 Å². The number of anilines is 2. The van der Waals surface area contributed by atoms with E-state index in [4.69, 9.17) is 5.26 Å². The Hall–Kier alpha value is -1.54. The van der Waals surface area contributed by atoms with Gasteiger partial charge in [0.15, 0.2) is 0 Å². The lowest BCUT2D eigenvalue weighted by Crippen LogP contribution is -2.25. The van der Waals surface area contributed by atoms with E-state index in [1.54, 1.807) is 17.0 Å². The Morgan fingerprint density at radius 3 is 2.94 bits per heavy atom. The van der Waals surface area contributed by atoms with Crippen molar-refractivity contribution in [3.05, 3.63) is 23.8 Å². The molecule has 94 valence electrons. The Bertz CT molecular complexity index is 509. The van der Waals surface area contributed by atoms with E-state index in [9.17, 15) is 4.79 Å². The summed E-state index contributed by atoms with van der Waals surface area (Å²) >= 11 is 3.47. The number of rotatable bonds is 3. The molecular formula is C13H14BrN3O. The first-order chi connectivity index (χ1) is 8.65. The summed E-state index contributed by atoms with van der Waals surface area (Å²) in [7, 11) is 0. The summed E-state index contributed by atoms with van der Waals surface area (Å²) in [6.07, 6.45) is 0.502. The minimum Gasteiger partial charge on any atom is -0.384 e. The minimum atomic E-state index is 0.0890. The van der Waals surface area contributed by atoms with Crippen LogP contribution in [0.2, 0.25) is 0 Å². The highest BCUT2D eigenvalue weighted by molar-refractivity contribution is 9.09. The largest absolute Gasteiger partial charge is 0.384 e. The SMILES string of the molecule is CCNc1ccc(C#N)cc1N1CC(Br)CC1=O. The van der Waals surface area contributed by atoms with Crippen molar-refractivity contribution in [3.8, 4) is 6.07 Å². The number of nitrogens with zero attached hydrogens (tertiary/aromatic N) is 2. The lowest BCUT2D eigenvalue weighted by Gasteiger charge is -2.20. The van der Waals surface area contributed by atoms with Gasteiger partial charge in [-0.3, -0.25) is 4.79 Å². The maximum atomic E-state index is 11.9. The van der Waals surface area contributed by atoms with Gasteiger partial charge in [0.05, 0.1) is 23.0 Å². The Balaban J connectivity index is 2.40. The van der Waals surface area contributed by atoms with Gasteiger partial charge in [0, 0.05) is 24.3 Å².